The Morgan fingerprint density at radius 3 is 1.83 bits per heavy atom. The summed E-state index contributed by atoms with van der Waals surface area (Å²) in [4.78, 5) is 0. The SMILES string of the molecule is c1ccc(Nc2cc3c(cc2-c2ccc4c(c2)sc2ccccc24)c2ccccc2n3-c2ccc3c(c2)C(c2ccccc2)(c2ccccc2)c2ccccc2-3)cc1. The van der Waals surface area contributed by atoms with Gasteiger partial charge in [0.05, 0.1) is 16.4 Å². The van der Waals surface area contributed by atoms with Gasteiger partial charge in [-0.1, -0.05) is 158 Å². The van der Waals surface area contributed by atoms with Crippen molar-refractivity contribution in [2.45, 2.75) is 5.41 Å². The van der Waals surface area contributed by atoms with Crippen molar-refractivity contribution in [2.24, 2.45) is 0 Å². The van der Waals surface area contributed by atoms with Crippen LogP contribution in [0.25, 0.3) is 69.9 Å². The first kappa shape index (κ1) is 33.0. The molecule has 3 heteroatoms. The van der Waals surface area contributed by atoms with Gasteiger partial charge in [-0.05, 0) is 93.5 Å². The first-order chi connectivity index (χ1) is 28.8. The van der Waals surface area contributed by atoms with Crippen LogP contribution in [-0.2, 0) is 5.41 Å². The molecule has 1 aliphatic carbocycles. The zero-order valence-electron chi connectivity index (χ0n) is 31.6. The van der Waals surface area contributed by atoms with Crippen molar-refractivity contribution < 1.29 is 0 Å². The molecular weight excluding hydrogens is 721 g/mol. The number of hydrogen-bond acceptors (Lipinski definition) is 2. The van der Waals surface area contributed by atoms with Crippen LogP contribution >= 0.6 is 11.3 Å². The van der Waals surface area contributed by atoms with Gasteiger partial charge in [0.2, 0.25) is 0 Å². The smallest absolute Gasteiger partial charge is 0.0714 e. The third kappa shape index (κ3) is 4.84. The lowest BCUT2D eigenvalue weighted by atomic mass is 9.67. The van der Waals surface area contributed by atoms with E-state index in [1.165, 1.54) is 81.0 Å². The molecule has 1 N–H and O–H groups in total. The molecule has 0 saturated heterocycles. The van der Waals surface area contributed by atoms with Crippen LogP contribution in [0.5, 0.6) is 0 Å². The molecule has 0 radical (unpaired) electrons. The number of hydrogen-bond donors (Lipinski definition) is 1. The van der Waals surface area contributed by atoms with Gasteiger partial charge in [-0.2, -0.15) is 0 Å². The number of anilines is 2. The molecule has 0 fully saturated rings. The van der Waals surface area contributed by atoms with E-state index in [4.69, 9.17) is 0 Å². The van der Waals surface area contributed by atoms with E-state index < -0.39 is 5.41 Å². The maximum atomic E-state index is 3.86. The number of benzene rings is 9. The van der Waals surface area contributed by atoms with Crippen LogP contribution in [0.1, 0.15) is 22.3 Å². The highest BCUT2D eigenvalue weighted by molar-refractivity contribution is 7.25. The van der Waals surface area contributed by atoms with Crippen molar-refractivity contribution in [3.63, 3.8) is 0 Å². The van der Waals surface area contributed by atoms with E-state index in [1.54, 1.807) is 0 Å². The Bertz CT molecular complexity index is 3320. The minimum absolute atomic E-state index is 0.484. The molecule has 0 spiro atoms. The predicted molar refractivity (Wildman–Crippen MR) is 246 cm³/mol. The highest BCUT2D eigenvalue weighted by atomic mass is 32.1. The Labute approximate surface area is 340 Å². The van der Waals surface area contributed by atoms with E-state index in [2.05, 4.69) is 222 Å². The van der Waals surface area contributed by atoms with Crippen molar-refractivity contribution in [3.8, 4) is 27.9 Å². The molecule has 0 bridgehead atoms. The zero-order chi connectivity index (χ0) is 38.2. The van der Waals surface area contributed by atoms with Gasteiger partial charge in [0.25, 0.3) is 0 Å². The fourth-order valence-electron chi connectivity index (χ4n) is 9.78. The second kappa shape index (κ2) is 12.9. The topological polar surface area (TPSA) is 17.0 Å². The Morgan fingerprint density at radius 2 is 1.03 bits per heavy atom. The Kier molecular flexibility index (Phi) is 7.35. The van der Waals surface area contributed by atoms with Gasteiger partial charge >= 0.3 is 0 Å². The van der Waals surface area contributed by atoms with Crippen molar-refractivity contribution >= 4 is 64.7 Å². The Hall–Kier alpha value is -7.20. The summed E-state index contributed by atoms with van der Waals surface area (Å²) >= 11 is 1.87. The zero-order valence-corrected chi connectivity index (χ0v) is 32.4. The lowest BCUT2D eigenvalue weighted by Crippen LogP contribution is -2.28. The lowest BCUT2D eigenvalue weighted by molar-refractivity contribution is 0.767. The number of rotatable bonds is 6. The highest BCUT2D eigenvalue weighted by Gasteiger charge is 2.46. The summed E-state index contributed by atoms with van der Waals surface area (Å²) in [6.45, 7) is 0. The quantitative estimate of drug-likeness (QED) is 0.179. The van der Waals surface area contributed by atoms with Crippen molar-refractivity contribution in [3.05, 3.63) is 235 Å². The average Bonchev–Trinajstić information content (AvgIpc) is 3.92. The second-order valence-corrected chi connectivity index (χ2v) is 16.4. The number of aromatic nitrogens is 1. The monoisotopic (exact) mass is 756 g/mol. The summed E-state index contributed by atoms with van der Waals surface area (Å²) in [6, 6.07) is 78.2. The summed E-state index contributed by atoms with van der Waals surface area (Å²) < 4.78 is 5.09. The first-order valence-corrected chi connectivity index (χ1v) is 20.7. The van der Waals surface area contributed by atoms with Crippen LogP contribution < -0.4 is 5.32 Å². The molecule has 2 aromatic heterocycles. The third-order valence-corrected chi connectivity index (χ3v) is 13.4. The molecule has 9 aromatic carbocycles. The van der Waals surface area contributed by atoms with Crippen LogP contribution in [0.3, 0.4) is 0 Å². The van der Waals surface area contributed by atoms with Gasteiger partial charge in [-0.15, -0.1) is 11.3 Å². The Morgan fingerprint density at radius 1 is 0.397 bits per heavy atom. The van der Waals surface area contributed by atoms with E-state index >= 15 is 0 Å². The maximum Gasteiger partial charge on any atom is 0.0714 e. The van der Waals surface area contributed by atoms with E-state index in [0.717, 1.165) is 22.6 Å². The number of nitrogens with zero attached hydrogens (tertiary/aromatic N) is 1. The molecule has 11 aromatic rings. The summed E-state index contributed by atoms with van der Waals surface area (Å²) in [7, 11) is 0. The molecule has 0 atom stereocenters. The van der Waals surface area contributed by atoms with Crippen LogP contribution in [0.15, 0.2) is 212 Å². The molecule has 0 unspecified atom stereocenters. The molecule has 58 heavy (non-hydrogen) atoms. The second-order valence-electron chi connectivity index (χ2n) is 15.3. The predicted octanol–water partition coefficient (Wildman–Crippen LogP) is 14.9. The van der Waals surface area contributed by atoms with Crippen molar-refractivity contribution in [1.82, 2.24) is 4.57 Å². The fourth-order valence-corrected chi connectivity index (χ4v) is 10.9. The number of thiophene rings is 1. The van der Waals surface area contributed by atoms with E-state index in [0.29, 0.717) is 0 Å². The molecular formula is C55H36N2S. The van der Waals surface area contributed by atoms with Crippen LogP contribution in [0.2, 0.25) is 0 Å². The van der Waals surface area contributed by atoms with E-state index in [1.807, 2.05) is 11.3 Å². The molecule has 0 aliphatic heterocycles. The van der Waals surface area contributed by atoms with Gasteiger partial charge in [0.1, 0.15) is 0 Å². The molecule has 1 aliphatic rings. The Balaban J connectivity index is 1.13. The van der Waals surface area contributed by atoms with E-state index in [9.17, 15) is 0 Å². The molecule has 272 valence electrons. The van der Waals surface area contributed by atoms with Crippen LogP contribution in [0.4, 0.5) is 11.4 Å². The normalized spacial score (nSPS) is 13.0. The van der Waals surface area contributed by atoms with Gasteiger partial charge in [-0.3, -0.25) is 0 Å². The molecule has 12 rings (SSSR count). The van der Waals surface area contributed by atoms with Crippen LogP contribution in [-0.4, -0.2) is 4.57 Å². The summed E-state index contributed by atoms with van der Waals surface area (Å²) in [5, 5.41) is 8.94. The average molecular weight is 757 g/mol. The van der Waals surface area contributed by atoms with Crippen LogP contribution in [0, 0.1) is 0 Å². The minimum Gasteiger partial charge on any atom is -0.355 e. The molecule has 2 heterocycles. The molecule has 0 amide bonds. The largest absolute Gasteiger partial charge is 0.355 e. The number of para-hydroxylation sites is 2. The van der Waals surface area contributed by atoms with Gasteiger partial charge in [0.15, 0.2) is 0 Å². The summed E-state index contributed by atoms with van der Waals surface area (Å²) in [6.07, 6.45) is 0. The lowest BCUT2D eigenvalue weighted by Gasteiger charge is -2.34. The van der Waals surface area contributed by atoms with Gasteiger partial charge in [0, 0.05) is 53.6 Å². The number of nitrogens with one attached hydrogen (secondary N) is 1. The summed E-state index contributed by atoms with van der Waals surface area (Å²) in [5.41, 5.74) is 15.2. The number of fused-ring (bicyclic) bond motifs is 9. The van der Waals surface area contributed by atoms with Crippen molar-refractivity contribution in [1.29, 1.82) is 0 Å². The molecule has 2 nitrogen and oxygen atoms in total. The van der Waals surface area contributed by atoms with Crippen molar-refractivity contribution in [2.75, 3.05) is 5.32 Å². The van der Waals surface area contributed by atoms with E-state index in [-0.39, 0.29) is 0 Å². The fraction of sp³-hybridized carbons (Fsp3) is 0.0182. The maximum absolute atomic E-state index is 3.86. The highest BCUT2D eigenvalue weighted by Crippen LogP contribution is 2.56. The third-order valence-electron chi connectivity index (χ3n) is 12.3. The van der Waals surface area contributed by atoms with Gasteiger partial charge < -0.3 is 9.88 Å². The minimum atomic E-state index is -0.484. The van der Waals surface area contributed by atoms with Gasteiger partial charge in [-0.25, -0.2) is 0 Å². The summed E-state index contributed by atoms with van der Waals surface area (Å²) in [5.74, 6) is 0. The molecule has 0 saturated carbocycles. The first-order valence-electron chi connectivity index (χ1n) is 19.9. The standard InChI is InChI=1S/C55H36N2S/c1-4-16-37(17-5-1)55(38-18-6-2-7-19-38)48-25-13-10-22-41(48)42-31-29-40(33-49(42)55)57-51-26-14-11-23-43(51)47-34-46(50(35-52(47)57)56-39-20-8-3-9-21-39)36-28-30-45-44-24-12-15-27-53(44)58-54(45)32-36/h1-35,56H.